The van der Waals surface area contributed by atoms with Crippen LogP contribution in [0.1, 0.15) is 39.5 Å². The Hall–Kier alpha value is -1.14. The minimum atomic E-state index is -0.961. The number of carboxylic acids is 1. The minimum absolute atomic E-state index is 0.00350. The molecule has 1 atom stereocenters. The largest absolute Gasteiger partial charge is 0.481 e. The van der Waals surface area contributed by atoms with Crippen LogP contribution in [-0.4, -0.2) is 61.4 Å². The molecule has 1 unspecified atom stereocenters. The molecule has 21 heavy (non-hydrogen) atoms. The summed E-state index contributed by atoms with van der Waals surface area (Å²) in [5.74, 6) is -0.881. The summed E-state index contributed by atoms with van der Waals surface area (Å²) in [6.45, 7) is 5.47. The highest BCUT2D eigenvalue weighted by molar-refractivity contribution is 5.79. The van der Waals surface area contributed by atoms with Crippen molar-refractivity contribution in [1.29, 1.82) is 0 Å². The van der Waals surface area contributed by atoms with E-state index in [1.165, 1.54) is 7.11 Å². The topological polar surface area (TPSA) is 76.1 Å². The number of carbonyl (C=O) groups is 2. The van der Waals surface area contributed by atoms with Crippen molar-refractivity contribution < 1.29 is 24.2 Å². The zero-order valence-electron chi connectivity index (χ0n) is 13.3. The maximum atomic E-state index is 12.2. The van der Waals surface area contributed by atoms with Gasteiger partial charge in [-0.2, -0.15) is 0 Å². The molecule has 1 aliphatic heterocycles. The SMILES string of the molecule is COCC1(C(=O)O)CCCN(C(=O)CCCOC(C)C)C1. The first-order valence-corrected chi connectivity index (χ1v) is 7.53. The fourth-order valence-electron chi connectivity index (χ4n) is 2.68. The van der Waals surface area contributed by atoms with Crippen LogP contribution in [0.25, 0.3) is 0 Å². The molecule has 0 aromatic rings. The molecule has 1 fully saturated rings. The molecule has 0 aliphatic carbocycles. The molecule has 1 aliphatic rings. The molecule has 0 aromatic carbocycles. The number of carbonyl (C=O) groups excluding carboxylic acids is 1. The Kier molecular flexibility index (Phi) is 7.11. The van der Waals surface area contributed by atoms with Gasteiger partial charge in [0.05, 0.1) is 12.7 Å². The van der Waals surface area contributed by atoms with E-state index in [9.17, 15) is 14.7 Å². The summed E-state index contributed by atoms with van der Waals surface area (Å²) in [4.78, 5) is 25.4. The zero-order chi connectivity index (χ0) is 15.9. The molecule has 1 amide bonds. The summed E-state index contributed by atoms with van der Waals surface area (Å²) >= 11 is 0. The number of ether oxygens (including phenoxy) is 2. The monoisotopic (exact) mass is 301 g/mol. The van der Waals surface area contributed by atoms with E-state index in [4.69, 9.17) is 9.47 Å². The number of carboxylic acid groups (broad SMARTS) is 1. The summed E-state index contributed by atoms with van der Waals surface area (Å²) in [5, 5.41) is 9.46. The van der Waals surface area contributed by atoms with Gasteiger partial charge in [-0.25, -0.2) is 0 Å². The van der Waals surface area contributed by atoms with E-state index < -0.39 is 11.4 Å². The maximum absolute atomic E-state index is 12.2. The van der Waals surface area contributed by atoms with Crippen LogP contribution in [0.4, 0.5) is 0 Å². The van der Waals surface area contributed by atoms with Crippen LogP contribution >= 0.6 is 0 Å². The number of piperidine rings is 1. The number of amides is 1. The first-order chi connectivity index (χ1) is 9.91. The Bertz CT molecular complexity index is 354. The molecular weight excluding hydrogens is 274 g/mol. The Morgan fingerprint density at radius 1 is 1.38 bits per heavy atom. The molecule has 1 N–H and O–H groups in total. The highest BCUT2D eigenvalue weighted by Crippen LogP contribution is 2.31. The molecule has 0 spiro atoms. The van der Waals surface area contributed by atoms with Gasteiger partial charge in [-0.1, -0.05) is 0 Å². The van der Waals surface area contributed by atoms with E-state index in [1.54, 1.807) is 4.90 Å². The number of methoxy groups -OCH3 is 1. The van der Waals surface area contributed by atoms with Gasteiger partial charge in [0.1, 0.15) is 5.41 Å². The minimum Gasteiger partial charge on any atom is -0.481 e. The lowest BCUT2D eigenvalue weighted by Gasteiger charge is -2.39. The molecule has 6 heteroatoms. The van der Waals surface area contributed by atoms with E-state index >= 15 is 0 Å². The lowest BCUT2D eigenvalue weighted by molar-refractivity contribution is -0.159. The first kappa shape index (κ1) is 17.9. The van der Waals surface area contributed by atoms with Gasteiger partial charge in [0.15, 0.2) is 0 Å². The summed E-state index contributed by atoms with van der Waals surface area (Å²) in [5.41, 5.74) is -0.961. The maximum Gasteiger partial charge on any atom is 0.313 e. The van der Waals surface area contributed by atoms with Crippen LogP contribution in [0.2, 0.25) is 0 Å². The van der Waals surface area contributed by atoms with Crippen LogP contribution in [0.15, 0.2) is 0 Å². The molecule has 0 saturated carbocycles. The third-order valence-electron chi connectivity index (χ3n) is 3.79. The number of hydrogen-bond acceptors (Lipinski definition) is 4. The number of nitrogens with zero attached hydrogens (tertiary/aromatic N) is 1. The third-order valence-corrected chi connectivity index (χ3v) is 3.79. The number of hydrogen-bond donors (Lipinski definition) is 1. The lowest BCUT2D eigenvalue weighted by Crippen LogP contribution is -2.52. The van der Waals surface area contributed by atoms with E-state index in [1.807, 2.05) is 13.8 Å². The van der Waals surface area contributed by atoms with Gasteiger partial charge in [0, 0.05) is 33.2 Å². The predicted molar refractivity (Wildman–Crippen MR) is 78.1 cm³/mol. The van der Waals surface area contributed by atoms with Crippen molar-refractivity contribution in [2.75, 3.05) is 33.4 Å². The average Bonchev–Trinajstić information content (AvgIpc) is 2.43. The van der Waals surface area contributed by atoms with E-state index in [0.29, 0.717) is 38.8 Å². The van der Waals surface area contributed by atoms with Crippen molar-refractivity contribution in [3.05, 3.63) is 0 Å². The van der Waals surface area contributed by atoms with Crippen LogP contribution in [0, 0.1) is 5.41 Å². The van der Waals surface area contributed by atoms with Crippen molar-refractivity contribution in [2.24, 2.45) is 5.41 Å². The zero-order valence-corrected chi connectivity index (χ0v) is 13.3. The second-order valence-electron chi connectivity index (χ2n) is 5.96. The van der Waals surface area contributed by atoms with Gasteiger partial charge in [0.25, 0.3) is 0 Å². The smallest absolute Gasteiger partial charge is 0.313 e. The summed E-state index contributed by atoms with van der Waals surface area (Å²) in [6, 6.07) is 0. The number of likely N-dealkylation sites (tertiary alicyclic amines) is 1. The van der Waals surface area contributed by atoms with Crippen LogP contribution in [0.3, 0.4) is 0 Å². The highest BCUT2D eigenvalue weighted by atomic mass is 16.5. The number of aliphatic carboxylic acids is 1. The Labute approximate surface area is 126 Å². The van der Waals surface area contributed by atoms with Crippen molar-refractivity contribution in [3.63, 3.8) is 0 Å². The fourth-order valence-corrected chi connectivity index (χ4v) is 2.68. The molecule has 1 heterocycles. The predicted octanol–water partition coefficient (Wildman–Crippen LogP) is 1.53. The second-order valence-corrected chi connectivity index (χ2v) is 5.96. The highest BCUT2D eigenvalue weighted by Gasteiger charge is 2.43. The van der Waals surface area contributed by atoms with E-state index in [-0.39, 0.29) is 25.2 Å². The average molecular weight is 301 g/mol. The normalized spacial score (nSPS) is 22.6. The van der Waals surface area contributed by atoms with Gasteiger partial charge in [-0.15, -0.1) is 0 Å². The van der Waals surface area contributed by atoms with E-state index in [0.717, 1.165) is 0 Å². The summed E-state index contributed by atoms with van der Waals surface area (Å²) < 4.78 is 10.5. The number of rotatable bonds is 8. The van der Waals surface area contributed by atoms with Gasteiger partial charge >= 0.3 is 5.97 Å². The van der Waals surface area contributed by atoms with Gasteiger partial charge in [0.2, 0.25) is 5.91 Å². The molecule has 122 valence electrons. The molecule has 6 nitrogen and oxygen atoms in total. The van der Waals surface area contributed by atoms with Crippen molar-refractivity contribution in [3.8, 4) is 0 Å². The molecule has 0 radical (unpaired) electrons. The van der Waals surface area contributed by atoms with Crippen LogP contribution in [-0.2, 0) is 19.1 Å². The van der Waals surface area contributed by atoms with Gasteiger partial charge in [-0.05, 0) is 33.1 Å². The Morgan fingerprint density at radius 2 is 2.10 bits per heavy atom. The summed E-state index contributed by atoms with van der Waals surface area (Å²) in [7, 11) is 1.49. The van der Waals surface area contributed by atoms with Crippen molar-refractivity contribution >= 4 is 11.9 Å². The Morgan fingerprint density at radius 3 is 2.67 bits per heavy atom. The molecule has 0 bridgehead atoms. The fraction of sp³-hybridized carbons (Fsp3) is 0.867. The van der Waals surface area contributed by atoms with Crippen LogP contribution < -0.4 is 0 Å². The second kappa shape index (κ2) is 8.34. The first-order valence-electron chi connectivity index (χ1n) is 7.53. The molecule has 0 aromatic heterocycles. The van der Waals surface area contributed by atoms with E-state index in [2.05, 4.69) is 0 Å². The standard InChI is InChI=1S/C15H27NO5/c1-12(2)21-9-4-6-13(17)16-8-5-7-15(10-16,11-20-3)14(18)19/h12H,4-11H2,1-3H3,(H,18,19). The molecular formula is C15H27NO5. The molecule has 1 saturated heterocycles. The summed E-state index contributed by atoms with van der Waals surface area (Å²) in [6.07, 6.45) is 2.48. The van der Waals surface area contributed by atoms with Crippen LogP contribution in [0.5, 0.6) is 0 Å². The Balaban J connectivity index is 2.50. The molecule has 1 rings (SSSR count). The third kappa shape index (κ3) is 5.28. The van der Waals surface area contributed by atoms with Gasteiger partial charge < -0.3 is 19.5 Å². The van der Waals surface area contributed by atoms with Gasteiger partial charge in [-0.3, -0.25) is 9.59 Å². The van der Waals surface area contributed by atoms with Crippen molar-refractivity contribution in [2.45, 2.75) is 45.6 Å². The van der Waals surface area contributed by atoms with Crippen molar-refractivity contribution in [1.82, 2.24) is 4.90 Å². The lowest BCUT2D eigenvalue weighted by atomic mass is 9.80. The quantitative estimate of drug-likeness (QED) is 0.688.